The molecule has 0 aromatic heterocycles. The summed E-state index contributed by atoms with van der Waals surface area (Å²) >= 11 is 0. The third-order valence-corrected chi connectivity index (χ3v) is 3.93. The van der Waals surface area contributed by atoms with E-state index in [9.17, 15) is 15.0 Å². The summed E-state index contributed by atoms with van der Waals surface area (Å²) in [4.78, 5) is 12.6. The van der Waals surface area contributed by atoms with Crippen molar-refractivity contribution in [1.29, 1.82) is 0 Å². The molecular formula is C20H24O4. The zero-order valence-corrected chi connectivity index (χ0v) is 13.9. The highest BCUT2D eigenvalue weighted by molar-refractivity contribution is 5.82. The van der Waals surface area contributed by atoms with Crippen LogP contribution in [-0.2, 0) is 9.53 Å². The van der Waals surface area contributed by atoms with Crippen molar-refractivity contribution < 1.29 is 19.7 Å². The summed E-state index contributed by atoms with van der Waals surface area (Å²) in [6, 6.07) is 13.1. The number of ether oxygens (including phenoxy) is 1. The summed E-state index contributed by atoms with van der Waals surface area (Å²) in [5, 5.41) is 18.9. The molecule has 0 aliphatic carbocycles. The molecule has 0 bridgehead atoms. The first-order chi connectivity index (χ1) is 11.6. The monoisotopic (exact) mass is 328 g/mol. The molecule has 0 aliphatic heterocycles. The Labute approximate surface area is 142 Å². The molecule has 2 aromatic rings. The van der Waals surface area contributed by atoms with Gasteiger partial charge in [0.25, 0.3) is 0 Å². The topological polar surface area (TPSA) is 66.8 Å². The molecule has 2 rings (SSSR count). The predicted octanol–water partition coefficient (Wildman–Crippen LogP) is 4.35. The molecule has 0 aliphatic rings. The van der Waals surface area contributed by atoms with E-state index >= 15 is 0 Å². The maximum absolute atomic E-state index is 12.6. The molecule has 4 nitrogen and oxygen atoms in total. The van der Waals surface area contributed by atoms with Gasteiger partial charge in [-0.05, 0) is 41.8 Å². The van der Waals surface area contributed by atoms with E-state index in [0.29, 0.717) is 6.61 Å². The predicted molar refractivity (Wildman–Crippen MR) is 93.2 cm³/mol. The Kier molecular flexibility index (Phi) is 6.67. The quantitative estimate of drug-likeness (QED) is 0.558. The normalized spacial score (nSPS) is 10.8. The van der Waals surface area contributed by atoms with Crippen LogP contribution in [0.3, 0.4) is 0 Å². The minimum Gasteiger partial charge on any atom is -0.508 e. The van der Waals surface area contributed by atoms with Crippen molar-refractivity contribution >= 4 is 5.97 Å². The number of carbonyl (C=O) groups excluding carboxylic acids is 1. The van der Waals surface area contributed by atoms with E-state index in [1.165, 1.54) is 0 Å². The van der Waals surface area contributed by atoms with Gasteiger partial charge in [-0.2, -0.15) is 0 Å². The SMILES string of the molecule is CCCCCCOC(=O)C(c1ccc(O)cc1)c1ccc(O)cc1. The number of phenols is 2. The van der Waals surface area contributed by atoms with Crippen molar-refractivity contribution in [2.45, 2.75) is 38.5 Å². The molecule has 24 heavy (non-hydrogen) atoms. The summed E-state index contributed by atoms with van der Waals surface area (Å²) in [5.74, 6) is -0.590. The van der Waals surface area contributed by atoms with E-state index in [0.717, 1.165) is 36.8 Å². The van der Waals surface area contributed by atoms with Gasteiger partial charge in [0.15, 0.2) is 0 Å². The van der Waals surface area contributed by atoms with Crippen LogP contribution in [0.4, 0.5) is 0 Å². The van der Waals surface area contributed by atoms with Crippen LogP contribution in [0.2, 0.25) is 0 Å². The Hall–Kier alpha value is -2.49. The number of rotatable bonds is 8. The number of aromatic hydroxyl groups is 2. The molecule has 4 heteroatoms. The number of hydrogen-bond acceptors (Lipinski definition) is 4. The van der Waals surface area contributed by atoms with Crippen LogP contribution in [0.25, 0.3) is 0 Å². The molecule has 0 fully saturated rings. The van der Waals surface area contributed by atoms with E-state index in [4.69, 9.17) is 4.74 Å². The highest BCUT2D eigenvalue weighted by Crippen LogP contribution is 2.28. The van der Waals surface area contributed by atoms with Gasteiger partial charge in [0.05, 0.1) is 6.61 Å². The van der Waals surface area contributed by atoms with Gasteiger partial charge in [-0.1, -0.05) is 50.5 Å². The maximum Gasteiger partial charge on any atom is 0.317 e. The third-order valence-electron chi connectivity index (χ3n) is 3.93. The van der Waals surface area contributed by atoms with Crippen molar-refractivity contribution in [2.75, 3.05) is 6.61 Å². The van der Waals surface area contributed by atoms with Crippen molar-refractivity contribution in [3.05, 3.63) is 59.7 Å². The van der Waals surface area contributed by atoms with Gasteiger partial charge in [-0.25, -0.2) is 0 Å². The van der Waals surface area contributed by atoms with Crippen LogP contribution < -0.4 is 0 Å². The number of benzene rings is 2. The molecule has 2 N–H and O–H groups in total. The van der Waals surface area contributed by atoms with E-state index in [1.54, 1.807) is 48.5 Å². The molecule has 0 saturated heterocycles. The highest BCUT2D eigenvalue weighted by Gasteiger charge is 2.24. The number of esters is 1. The zero-order valence-electron chi connectivity index (χ0n) is 13.9. The molecule has 0 amide bonds. The Balaban J connectivity index is 2.14. The third kappa shape index (κ3) is 5.01. The van der Waals surface area contributed by atoms with Crippen LogP contribution in [0.1, 0.15) is 49.7 Å². The standard InChI is InChI=1S/C20H24O4/c1-2-3-4-5-14-24-20(23)19(15-6-10-17(21)11-7-15)16-8-12-18(22)13-9-16/h6-13,19,21-22H,2-5,14H2,1H3. The lowest BCUT2D eigenvalue weighted by atomic mass is 9.91. The van der Waals surface area contributed by atoms with Crippen LogP contribution in [-0.4, -0.2) is 22.8 Å². The van der Waals surface area contributed by atoms with Crippen LogP contribution in [0.15, 0.2) is 48.5 Å². The Bertz CT molecular complexity index is 586. The van der Waals surface area contributed by atoms with Crippen molar-refractivity contribution in [1.82, 2.24) is 0 Å². The van der Waals surface area contributed by atoms with Crippen molar-refractivity contribution in [3.63, 3.8) is 0 Å². The Morgan fingerprint density at radius 3 is 1.83 bits per heavy atom. The molecule has 0 spiro atoms. The minimum absolute atomic E-state index is 0.149. The van der Waals surface area contributed by atoms with Gasteiger partial charge in [0.2, 0.25) is 0 Å². The second kappa shape index (κ2) is 8.96. The first-order valence-corrected chi connectivity index (χ1v) is 8.36. The van der Waals surface area contributed by atoms with Crippen LogP contribution >= 0.6 is 0 Å². The summed E-state index contributed by atoms with van der Waals surface area (Å²) in [6.07, 6.45) is 4.18. The van der Waals surface area contributed by atoms with E-state index in [-0.39, 0.29) is 17.5 Å². The number of carbonyl (C=O) groups is 1. The lowest BCUT2D eigenvalue weighted by molar-refractivity contribution is -0.144. The number of phenolic OH excluding ortho intramolecular Hbond substituents is 2. The fourth-order valence-corrected chi connectivity index (χ4v) is 2.58. The molecule has 128 valence electrons. The average Bonchev–Trinajstić information content (AvgIpc) is 2.58. The fourth-order valence-electron chi connectivity index (χ4n) is 2.58. The molecule has 0 radical (unpaired) electrons. The lowest BCUT2D eigenvalue weighted by Gasteiger charge is -2.17. The van der Waals surface area contributed by atoms with Crippen LogP contribution in [0.5, 0.6) is 11.5 Å². The summed E-state index contributed by atoms with van der Waals surface area (Å²) in [5.41, 5.74) is 1.49. The number of hydrogen-bond donors (Lipinski definition) is 2. The number of unbranched alkanes of at least 4 members (excludes halogenated alkanes) is 3. The van der Waals surface area contributed by atoms with Gasteiger partial charge in [-0.3, -0.25) is 4.79 Å². The zero-order chi connectivity index (χ0) is 17.4. The van der Waals surface area contributed by atoms with Gasteiger partial charge in [0.1, 0.15) is 17.4 Å². The first kappa shape index (κ1) is 17.9. The molecule has 0 heterocycles. The average molecular weight is 328 g/mol. The van der Waals surface area contributed by atoms with Gasteiger partial charge < -0.3 is 14.9 Å². The minimum atomic E-state index is -0.572. The first-order valence-electron chi connectivity index (χ1n) is 8.36. The van der Waals surface area contributed by atoms with E-state index < -0.39 is 5.92 Å². The lowest BCUT2D eigenvalue weighted by Crippen LogP contribution is -2.18. The molecule has 0 saturated carbocycles. The maximum atomic E-state index is 12.6. The summed E-state index contributed by atoms with van der Waals surface area (Å²) in [7, 11) is 0. The summed E-state index contributed by atoms with van der Waals surface area (Å²) < 4.78 is 5.46. The Morgan fingerprint density at radius 1 is 0.875 bits per heavy atom. The smallest absolute Gasteiger partial charge is 0.317 e. The molecule has 2 aromatic carbocycles. The highest BCUT2D eigenvalue weighted by atomic mass is 16.5. The van der Waals surface area contributed by atoms with E-state index in [1.807, 2.05) is 0 Å². The molecule has 0 unspecified atom stereocenters. The summed E-state index contributed by atoms with van der Waals surface area (Å²) in [6.45, 7) is 2.54. The molecule has 0 atom stereocenters. The second-order valence-electron chi connectivity index (χ2n) is 5.84. The van der Waals surface area contributed by atoms with Crippen LogP contribution in [0, 0.1) is 0 Å². The van der Waals surface area contributed by atoms with Gasteiger partial charge in [0, 0.05) is 0 Å². The Morgan fingerprint density at radius 2 is 1.38 bits per heavy atom. The van der Waals surface area contributed by atoms with E-state index in [2.05, 4.69) is 6.92 Å². The fraction of sp³-hybridized carbons (Fsp3) is 0.350. The second-order valence-corrected chi connectivity index (χ2v) is 5.84. The van der Waals surface area contributed by atoms with Gasteiger partial charge in [-0.15, -0.1) is 0 Å². The van der Waals surface area contributed by atoms with Crippen molar-refractivity contribution in [3.8, 4) is 11.5 Å². The van der Waals surface area contributed by atoms with Gasteiger partial charge >= 0.3 is 5.97 Å². The van der Waals surface area contributed by atoms with Crippen molar-refractivity contribution in [2.24, 2.45) is 0 Å². The largest absolute Gasteiger partial charge is 0.508 e. The molecular weight excluding hydrogens is 304 g/mol.